The van der Waals surface area contributed by atoms with Crippen LogP contribution in [-0.2, 0) is 6.54 Å². The highest BCUT2D eigenvalue weighted by Crippen LogP contribution is 2.03. The van der Waals surface area contributed by atoms with Crippen LogP contribution in [0.15, 0.2) is 18.3 Å². The van der Waals surface area contributed by atoms with Gasteiger partial charge in [-0.1, -0.05) is 17.7 Å². The van der Waals surface area contributed by atoms with Gasteiger partial charge in [0.2, 0.25) is 0 Å². The average Bonchev–Trinajstić information content (AvgIpc) is 1.90. The number of hydrogen-bond donors (Lipinski definition) is 0. The Morgan fingerprint density at radius 2 is 2.33 bits per heavy atom. The zero-order valence-electron chi connectivity index (χ0n) is 4.76. The maximum Gasteiger partial charge on any atom is 0.129 e. The van der Waals surface area contributed by atoms with Crippen LogP contribution >= 0.6 is 11.6 Å². The zero-order valence-corrected chi connectivity index (χ0v) is 5.52. The lowest BCUT2D eigenvalue weighted by atomic mass is 10.3. The molecule has 0 atom stereocenters. The lowest BCUT2D eigenvalue weighted by molar-refractivity contribution is 1.01. The molecule has 0 fully saturated rings. The summed E-state index contributed by atoms with van der Waals surface area (Å²) in [4.78, 5) is 3.80. The minimum Gasteiger partial charge on any atom is -0.253 e. The Bertz CT molecular complexity index is 183. The molecule has 0 aliphatic rings. The van der Waals surface area contributed by atoms with Crippen molar-refractivity contribution >= 4 is 11.6 Å². The zero-order chi connectivity index (χ0) is 6.69. The first-order valence-electron chi connectivity index (χ1n) is 2.58. The minimum atomic E-state index is 0.268. The Morgan fingerprint density at radius 3 is 2.78 bits per heavy atom. The summed E-state index contributed by atoms with van der Waals surface area (Å²) in [5.74, 6) is 0. The summed E-state index contributed by atoms with van der Waals surface area (Å²) in [6.07, 6.45) is 1.61. The lowest BCUT2D eigenvalue weighted by Crippen LogP contribution is -1.84. The van der Waals surface area contributed by atoms with Crippen LogP contribution in [0.1, 0.15) is 5.56 Å². The van der Waals surface area contributed by atoms with Crippen LogP contribution in [0.2, 0.25) is 5.15 Å². The van der Waals surface area contributed by atoms with Crippen LogP contribution in [0, 0.1) is 0 Å². The molecule has 0 aromatic carbocycles. The highest BCUT2D eigenvalue weighted by atomic mass is 35.5. The van der Waals surface area contributed by atoms with Gasteiger partial charge in [0.15, 0.2) is 0 Å². The minimum absolute atomic E-state index is 0.268. The van der Waals surface area contributed by atoms with E-state index < -0.39 is 0 Å². The molecule has 1 N–H and O–H groups in total. The molecule has 1 heterocycles. The standard InChI is InChI=1S/C6H6ClN2/c7-6-2-1-5(3-8)4-9-6/h1-2,4,8H,3H2. The number of rotatable bonds is 1. The number of hydrogen-bond acceptors (Lipinski definition) is 1. The molecule has 0 aliphatic carbocycles. The molecule has 0 saturated heterocycles. The van der Waals surface area contributed by atoms with E-state index >= 15 is 0 Å². The van der Waals surface area contributed by atoms with Gasteiger partial charge < -0.3 is 0 Å². The van der Waals surface area contributed by atoms with E-state index in [4.69, 9.17) is 17.3 Å². The summed E-state index contributed by atoms with van der Waals surface area (Å²) in [5.41, 5.74) is 7.82. The third-order valence-corrected chi connectivity index (χ3v) is 1.22. The largest absolute Gasteiger partial charge is 0.253 e. The number of nitrogens with zero attached hydrogens (tertiary/aromatic N) is 1. The van der Waals surface area contributed by atoms with Crippen LogP contribution in [0.5, 0.6) is 0 Å². The van der Waals surface area contributed by atoms with Gasteiger partial charge in [-0.15, -0.1) is 0 Å². The van der Waals surface area contributed by atoms with E-state index in [0.29, 0.717) is 5.15 Å². The molecule has 0 spiro atoms. The predicted molar refractivity (Wildman–Crippen MR) is 36.0 cm³/mol. The van der Waals surface area contributed by atoms with E-state index in [1.54, 1.807) is 18.3 Å². The molecule has 1 radical (unpaired) electrons. The monoisotopic (exact) mass is 141 g/mol. The maximum atomic E-state index is 6.93. The molecule has 0 aliphatic heterocycles. The van der Waals surface area contributed by atoms with Crippen molar-refractivity contribution in [2.75, 3.05) is 0 Å². The van der Waals surface area contributed by atoms with Crippen LogP contribution in [0.25, 0.3) is 0 Å². The highest BCUT2D eigenvalue weighted by Gasteiger charge is 1.88. The van der Waals surface area contributed by atoms with Crippen LogP contribution in [0.4, 0.5) is 0 Å². The number of pyridine rings is 1. The molecule has 3 heteroatoms. The average molecular weight is 142 g/mol. The van der Waals surface area contributed by atoms with E-state index in [1.807, 2.05) is 0 Å². The molecule has 1 rings (SSSR count). The van der Waals surface area contributed by atoms with Gasteiger partial charge in [0.05, 0.1) is 0 Å². The van der Waals surface area contributed by atoms with Gasteiger partial charge >= 0.3 is 0 Å². The van der Waals surface area contributed by atoms with Gasteiger partial charge in [0.25, 0.3) is 0 Å². The van der Waals surface area contributed by atoms with Gasteiger partial charge in [-0.25, -0.2) is 4.98 Å². The first kappa shape index (κ1) is 6.52. The van der Waals surface area contributed by atoms with Crippen molar-refractivity contribution in [3.63, 3.8) is 0 Å². The van der Waals surface area contributed by atoms with Crippen LogP contribution in [0.3, 0.4) is 0 Å². The molecule has 0 amide bonds. The van der Waals surface area contributed by atoms with Crippen molar-refractivity contribution in [2.45, 2.75) is 6.54 Å². The van der Waals surface area contributed by atoms with Crippen molar-refractivity contribution < 1.29 is 0 Å². The van der Waals surface area contributed by atoms with Crippen molar-refractivity contribution in [1.29, 1.82) is 0 Å². The van der Waals surface area contributed by atoms with E-state index in [2.05, 4.69) is 4.98 Å². The molecule has 1 aromatic rings. The van der Waals surface area contributed by atoms with Gasteiger partial charge in [-0.05, 0) is 11.6 Å². The highest BCUT2D eigenvalue weighted by molar-refractivity contribution is 6.29. The van der Waals surface area contributed by atoms with Crippen molar-refractivity contribution in [1.82, 2.24) is 10.7 Å². The summed E-state index contributed by atoms with van der Waals surface area (Å²) in [6.45, 7) is 0.268. The Morgan fingerprint density at radius 1 is 1.56 bits per heavy atom. The molecule has 1 aromatic heterocycles. The smallest absolute Gasteiger partial charge is 0.129 e. The van der Waals surface area contributed by atoms with Gasteiger partial charge in [0.1, 0.15) is 5.15 Å². The third kappa shape index (κ3) is 1.66. The Hall–Kier alpha value is -0.600. The van der Waals surface area contributed by atoms with Crippen molar-refractivity contribution in [3.05, 3.63) is 29.0 Å². The van der Waals surface area contributed by atoms with E-state index in [9.17, 15) is 0 Å². The fourth-order valence-corrected chi connectivity index (χ4v) is 0.623. The van der Waals surface area contributed by atoms with Crippen molar-refractivity contribution in [2.24, 2.45) is 0 Å². The SMILES string of the molecule is [NH]Cc1ccc(Cl)nc1. The first-order valence-corrected chi connectivity index (χ1v) is 2.96. The molecule has 0 bridgehead atoms. The second kappa shape index (κ2) is 2.80. The summed E-state index contributed by atoms with van der Waals surface area (Å²) >= 11 is 5.50. The molecule has 47 valence electrons. The third-order valence-electron chi connectivity index (χ3n) is 0.993. The normalized spacial score (nSPS) is 9.56. The molecular formula is C6H6ClN2. The summed E-state index contributed by atoms with van der Waals surface area (Å²) in [6, 6.07) is 3.48. The summed E-state index contributed by atoms with van der Waals surface area (Å²) < 4.78 is 0. The van der Waals surface area contributed by atoms with Crippen LogP contribution < -0.4 is 5.73 Å². The van der Waals surface area contributed by atoms with E-state index in [0.717, 1.165) is 5.56 Å². The predicted octanol–water partition coefficient (Wildman–Crippen LogP) is 1.52. The topological polar surface area (TPSA) is 36.7 Å². The Kier molecular flexibility index (Phi) is 2.03. The van der Waals surface area contributed by atoms with E-state index in [1.165, 1.54) is 0 Å². The van der Waals surface area contributed by atoms with Gasteiger partial charge in [-0.3, -0.25) is 5.73 Å². The first-order chi connectivity index (χ1) is 4.33. The quantitative estimate of drug-likeness (QED) is 0.547. The summed E-state index contributed by atoms with van der Waals surface area (Å²) in [7, 11) is 0. The van der Waals surface area contributed by atoms with Gasteiger partial charge in [0, 0.05) is 12.7 Å². The Labute approximate surface area is 58.7 Å². The van der Waals surface area contributed by atoms with Gasteiger partial charge in [-0.2, -0.15) is 0 Å². The second-order valence-corrected chi connectivity index (χ2v) is 2.05. The molecular weight excluding hydrogens is 136 g/mol. The molecule has 0 unspecified atom stereocenters. The summed E-state index contributed by atoms with van der Waals surface area (Å²) in [5, 5.41) is 0.479. The number of aromatic nitrogens is 1. The van der Waals surface area contributed by atoms with Crippen LogP contribution in [-0.4, -0.2) is 4.98 Å². The maximum absolute atomic E-state index is 6.93. The Balaban J connectivity index is 2.88. The number of halogens is 1. The van der Waals surface area contributed by atoms with E-state index in [-0.39, 0.29) is 6.54 Å². The second-order valence-electron chi connectivity index (χ2n) is 1.67. The van der Waals surface area contributed by atoms with Crippen molar-refractivity contribution in [3.8, 4) is 0 Å². The molecule has 9 heavy (non-hydrogen) atoms. The molecule has 0 saturated carbocycles. The molecule has 2 nitrogen and oxygen atoms in total. The fraction of sp³-hybridized carbons (Fsp3) is 0.167. The lowest BCUT2D eigenvalue weighted by Gasteiger charge is -1.91. The number of nitrogens with one attached hydrogen (secondary N) is 1. The fourth-order valence-electron chi connectivity index (χ4n) is 0.511.